The lowest BCUT2D eigenvalue weighted by Gasteiger charge is -2.13. The third-order valence-electron chi connectivity index (χ3n) is 2.93. The third-order valence-corrected chi connectivity index (χ3v) is 2.93. The number of imidazole rings is 1. The van der Waals surface area contributed by atoms with Gasteiger partial charge < -0.3 is 14.6 Å². The molecule has 19 heavy (non-hydrogen) atoms. The summed E-state index contributed by atoms with van der Waals surface area (Å²) in [7, 11) is 1.69. The van der Waals surface area contributed by atoms with Crippen molar-refractivity contribution in [1.29, 1.82) is 0 Å². The van der Waals surface area contributed by atoms with Gasteiger partial charge in [-0.05, 0) is 36.6 Å². The van der Waals surface area contributed by atoms with Crippen molar-refractivity contribution < 1.29 is 4.74 Å². The van der Waals surface area contributed by atoms with Crippen LogP contribution in [-0.2, 0) is 6.54 Å². The van der Waals surface area contributed by atoms with Gasteiger partial charge in [0.1, 0.15) is 5.75 Å². The van der Waals surface area contributed by atoms with E-state index in [0.717, 1.165) is 29.5 Å². The fraction of sp³-hybridized carbons (Fsp3) is 0.400. The summed E-state index contributed by atoms with van der Waals surface area (Å²) in [5, 5.41) is 3.35. The number of hydrogen-bond acceptors (Lipinski definition) is 3. The number of benzene rings is 1. The number of nitrogens with zero attached hydrogens (tertiary/aromatic N) is 2. The number of hydrogen-bond donors (Lipinski definition) is 1. The molecule has 2 aromatic rings. The predicted molar refractivity (Wildman–Crippen MR) is 78.1 cm³/mol. The summed E-state index contributed by atoms with van der Waals surface area (Å²) in [6, 6.07) is 6.03. The van der Waals surface area contributed by atoms with Crippen molar-refractivity contribution in [3.05, 3.63) is 36.2 Å². The van der Waals surface area contributed by atoms with Gasteiger partial charge in [0.2, 0.25) is 5.95 Å². The average molecular weight is 259 g/mol. The summed E-state index contributed by atoms with van der Waals surface area (Å²) >= 11 is 0. The number of anilines is 2. The summed E-state index contributed by atoms with van der Waals surface area (Å²) in [5.41, 5.74) is 2.13. The summed E-state index contributed by atoms with van der Waals surface area (Å²) in [5.74, 6) is 2.36. The Hall–Kier alpha value is -1.97. The molecule has 0 radical (unpaired) electrons. The Balaban J connectivity index is 2.17. The van der Waals surface area contributed by atoms with Crippen LogP contribution in [0.3, 0.4) is 0 Å². The molecule has 0 atom stereocenters. The number of aromatic nitrogens is 2. The highest BCUT2D eigenvalue weighted by atomic mass is 16.5. The molecule has 4 heteroatoms. The van der Waals surface area contributed by atoms with E-state index in [-0.39, 0.29) is 0 Å². The summed E-state index contributed by atoms with van der Waals surface area (Å²) in [6.45, 7) is 7.38. The Bertz CT molecular complexity index is 546. The van der Waals surface area contributed by atoms with Crippen LogP contribution in [0.1, 0.15) is 19.4 Å². The van der Waals surface area contributed by atoms with Gasteiger partial charge in [0.25, 0.3) is 0 Å². The molecule has 0 unspecified atom stereocenters. The van der Waals surface area contributed by atoms with E-state index in [2.05, 4.69) is 34.8 Å². The van der Waals surface area contributed by atoms with Crippen molar-refractivity contribution in [1.82, 2.24) is 9.55 Å². The van der Waals surface area contributed by atoms with Crippen LogP contribution < -0.4 is 10.1 Å². The van der Waals surface area contributed by atoms with E-state index in [0.29, 0.717) is 5.92 Å². The number of rotatable bonds is 5. The molecule has 0 saturated carbocycles. The Kier molecular flexibility index (Phi) is 4.10. The van der Waals surface area contributed by atoms with Crippen molar-refractivity contribution >= 4 is 11.6 Å². The van der Waals surface area contributed by atoms with Crippen LogP contribution in [0.15, 0.2) is 30.6 Å². The van der Waals surface area contributed by atoms with Crippen LogP contribution in [0.25, 0.3) is 0 Å². The Morgan fingerprint density at radius 1 is 1.37 bits per heavy atom. The minimum Gasteiger partial charge on any atom is -0.496 e. The maximum atomic E-state index is 5.26. The van der Waals surface area contributed by atoms with Gasteiger partial charge in [0, 0.05) is 24.6 Å². The van der Waals surface area contributed by atoms with Crippen LogP contribution >= 0.6 is 0 Å². The van der Waals surface area contributed by atoms with E-state index < -0.39 is 0 Å². The lowest BCUT2D eigenvalue weighted by atomic mass is 10.2. The second-order valence-corrected chi connectivity index (χ2v) is 5.11. The van der Waals surface area contributed by atoms with E-state index in [1.807, 2.05) is 31.5 Å². The first-order valence-corrected chi connectivity index (χ1v) is 6.53. The highest BCUT2D eigenvalue weighted by molar-refractivity contribution is 5.57. The molecule has 0 saturated heterocycles. The molecule has 1 aromatic carbocycles. The van der Waals surface area contributed by atoms with Crippen molar-refractivity contribution in [2.45, 2.75) is 27.3 Å². The summed E-state index contributed by atoms with van der Waals surface area (Å²) in [4.78, 5) is 4.36. The lowest BCUT2D eigenvalue weighted by Crippen LogP contribution is -2.07. The SMILES string of the molecule is COc1ccc(Nc2nccn2CC(C)C)cc1C. The van der Waals surface area contributed by atoms with E-state index in [1.165, 1.54) is 0 Å². The first kappa shape index (κ1) is 13.5. The molecule has 1 heterocycles. The van der Waals surface area contributed by atoms with Gasteiger partial charge in [-0.2, -0.15) is 0 Å². The largest absolute Gasteiger partial charge is 0.496 e. The van der Waals surface area contributed by atoms with Crippen LogP contribution in [-0.4, -0.2) is 16.7 Å². The second kappa shape index (κ2) is 5.78. The van der Waals surface area contributed by atoms with Crippen LogP contribution in [0.2, 0.25) is 0 Å². The molecule has 4 nitrogen and oxygen atoms in total. The van der Waals surface area contributed by atoms with E-state index >= 15 is 0 Å². The van der Waals surface area contributed by atoms with Crippen molar-refractivity contribution in [3.63, 3.8) is 0 Å². The first-order valence-electron chi connectivity index (χ1n) is 6.53. The smallest absolute Gasteiger partial charge is 0.207 e. The van der Waals surface area contributed by atoms with Crippen molar-refractivity contribution in [2.75, 3.05) is 12.4 Å². The minimum atomic E-state index is 0.590. The maximum Gasteiger partial charge on any atom is 0.207 e. The highest BCUT2D eigenvalue weighted by Gasteiger charge is 2.06. The number of aryl methyl sites for hydroxylation is 1. The van der Waals surface area contributed by atoms with Gasteiger partial charge >= 0.3 is 0 Å². The zero-order valence-corrected chi connectivity index (χ0v) is 12.0. The van der Waals surface area contributed by atoms with Crippen LogP contribution in [0.4, 0.5) is 11.6 Å². The molecule has 0 spiro atoms. The zero-order valence-electron chi connectivity index (χ0n) is 12.0. The molecule has 0 fully saturated rings. The molecule has 0 amide bonds. The molecule has 102 valence electrons. The third kappa shape index (κ3) is 3.28. The summed E-state index contributed by atoms with van der Waals surface area (Å²) < 4.78 is 7.39. The zero-order chi connectivity index (χ0) is 13.8. The number of methoxy groups -OCH3 is 1. The van der Waals surface area contributed by atoms with Gasteiger partial charge in [-0.1, -0.05) is 13.8 Å². The van der Waals surface area contributed by atoms with Gasteiger partial charge in [-0.15, -0.1) is 0 Å². The second-order valence-electron chi connectivity index (χ2n) is 5.11. The van der Waals surface area contributed by atoms with Crippen molar-refractivity contribution in [2.24, 2.45) is 5.92 Å². The lowest BCUT2D eigenvalue weighted by molar-refractivity contribution is 0.412. The fourth-order valence-corrected chi connectivity index (χ4v) is 2.06. The molecule has 2 rings (SSSR count). The standard InChI is InChI=1S/C15H21N3O/c1-11(2)10-18-8-7-16-15(18)17-13-5-6-14(19-4)12(3)9-13/h5-9,11H,10H2,1-4H3,(H,16,17). The van der Waals surface area contributed by atoms with Gasteiger partial charge in [-0.25, -0.2) is 4.98 Å². The molecule has 0 aliphatic heterocycles. The van der Waals surface area contributed by atoms with Gasteiger partial charge in [0.05, 0.1) is 7.11 Å². The number of ether oxygens (including phenoxy) is 1. The molecular formula is C15H21N3O. The van der Waals surface area contributed by atoms with Crippen molar-refractivity contribution in [3.8, 4) is 5.75 Å². The molecule has 0 aliphatic rings. The van der Waals surface area contributed by atoms with Crippen LogP contribution in [0.5, 0.6) is 5.75 Å². The van der Waals surface area contributed by atoms with E-state index in [4.69, 9.17) is 4.74 Å². The topological polar surface area (TPSA) is 39.1 Å². The first-order chi connectivity index (χ1) is 9.10. The highest BCUT2D eigenvalue weighted by Crippen LogP contribution is 2.23. The minimum absolute atomic E-state index is 0.590. The average Bonchev–Trinajstić information content (AvgIpc) is 2.76. The molecule has 1 aromatic heterocycles. The quantitative estimate of drug-likeness (QED) is 0.891. The molecule has 1 N–H and O–H groups in total. The van der Waals surface area contributed by atoms with E-state index in [1.54, 1.807) is 7.11 Å². The Labute approximate surface area is 114 Å². The van der Waals surface area contributed by atoms with Crippen LogP contribution in [0, 0.1) is 12.8 Å². The Morgan fingerprint density at radius 2 is 2.16 bits per heavy atom. The summed E-state index contributed by atoms with van der Waals surface area (Å²) in [6.07, 6.45) is 3.82. The monoisotopic (exact) mass is 259 g/mol. The normalized spacial score (nSPS) is 10.8. The fourth-order valence-electron chi connectivity index (χ4n) is 2.06. The molecule has 0 aliphatic carbocycles. The maximum absolute atomic E-state index is 5.26. The number of nitrogens with one attached hydrogen (secondary N) is 1. The van der Waals surface area contributed by atoms with Gasteiger partial charge in [0.15, 0.2) is 0 Å². The van der Waals surface area contributed by atoms with E-state index in [9.17, 15) is 0 Å². The molecular weight excluding hydrogens is 238 g/mol. The Morgan fingerprint density at radius 3 is 2.79 bits per heavy atom. The molecule has 0 bridgehead atoms. The van der Waals surface area contributed by atoms with Gasteiger partial charge in [-0.3, -0.25) is 0 Å². The predicted octanol–water partition coefficient (Wildman–Crippen LogP) is 3.60.